The second-order valence-corrected chi connectivity index (χ2v) is 4.67. The highest BCUT2D eigenvalue weighted by atomic mass is 32.1. The Balaban J connectivity index is 2.29. The predicted molar refractivity (Wildman–Crippen MR) is 60.8 cm³/mol. The van der Waals surface area contributed by atoms with Crippen molar-refractivity contribution in [3.05, 3.63) is 21.9 Å². The number of amides is 1. The normalized spacial score (nSPS) is 24.4. The topological polar surface area (TPSA) is 70.9 Å². The number of rotatable bonds is 2. The van der Waals surface area contributed by atoms with Gasteiger partial charge < -0.3 is 15.3 Å². The molecule has 1 aromatic rings. The first-order chi connectivity index (χ1) is 8.86. The molecule has 1 amide bonds. The lowest BCUT2D eigenvalue weighted by molar-refractivity contribution is -0.174. The van der Waals surface area contributed by atoms with Gasteiger partial charge in [0.1, 0.15) is 18.9 Å². The molecule has 2 rings (SSSR count). The van der Waals surface area contributed by atoms with Crippen LogP contribution in [0.25, 0.3) is 0 Å². The standard InChI is InChI=1S/C10H9F3N2O3S/c1-18-15-6-7(16)5(4-2-3-19-8(4)6)14-9(17)10(11,12)13/h2-3,5,7,16H,1H3,(H,14,17)/b15-6+/t5-,7-/m0/s1. The van der Waals surface area contributed by atoms with Crippen LogP contribution >= 0.6 is 11.3 Å². The summed E-state index contributed by atoms with van der Waals surface area (Å²) in [5, 5.41) is 16.9. The zero-order valence-corrected chi connectivity index (χ0v) is 10.4. The van der Waals surface area contributed by atoms with Crippen LogP contribution in [-0.2, 0) is 9.63 Å². The van der Waals surface area contributed by atoms with Gasteiger partial charge in [0.15, 0.2) is 0 Å². The highest BCUT2D eigenvalue weighted by Crippen LogP contribution is 2.36. The summed E-state index contributed by atoms with van der Waals surface area (Å²) in [6.45, 7) is 0. The molecule has 2 N–H and O–H groups in total. The van der Waals surface area contributed by atoms with Crippen LogP contribution in [0.2, 0.25) is 0 Å². The maximum atomic E-state index is 12.2. The molecular formula is C10H9F3N2O3S. The Labute approximate surface area is 109 Å². The minimum atomic E-state index is -5.00. The summed E-state index contributed by atoms with van der Waals surface area (Å²) in [6.07, 6.45) is -6.37. The molecule has 1 heterocycles. The van der Waals surface area contributed by atoms with Gasteiger partial charge >= 0.3 is 12.1 Å². The third-order valence-electron chi connectivity index (χ3n) is 2.59. The number of hydrogen-bond acceptors (Lipinski definition) is 5. The second-order valence-electron chi connectivity index (χ2n) is 3.76. The molecule has 104 valence electrons. The number of aliphatic hydroxyl groups is 1. The second kappa shape index (κ2) is 4.82. The van der Waals surface area contributed by atoms with Gasteiger partial charge in [-0.05, 0) is 17.0 Å². The van der Waals surface area contributed by atoms with Gasteiger partial charge in [0.2, 0.25) is 0 Å². The molecule has 0 saturated carbocycles. The molecule has 0 fully saturated rings. The lowest BCUT2D eigenvalue weighted by Gasteiger charge is -2.18. The van der Waals surface area contributed by atoms with Crippen LogP contribution < -0.4 is 5.32 Å². The fraction of sp³-hybridized carbons (Fsp3) is 0.400. The van der Waals surface area contributed by atoms with Crippen molar-refractivity contribution in [3.8, 4) is 0 Å². The lowest BCUT2D eigenvalue weighted by atomic mass is 10.1. The van der Waals surface area contributed by atoms with Gasteiger partial charge in [0.05, 0.1) is 10.9 Å². The molecule has 0 saturated heterocycles. The Morgan fingerprint density at radius 2 is 2.26 bits per heavy atom. The highest BCUT2D eigenvalue weighted by molar-refractivity contribution is 7.12. The number of aliphatic hydroxyl groups excluding tert-OH is 1. The van der Waals surface area contributed by atoms with Gasteiger partial charge in [-0.15, -0.1) is 11.3 Å². The van der Waals surface area contributed by atoms with Crippen molar-refractivity contribution >= 4 is 23.0 Å². The fourth-order valence-electron chi connectivity index (χ4n) is 1.81. The molecule has 0 radical (unpaired) electrons. The van der Waals surface area contributed by atoms with E-state index in [2.05, 4.69) is 9.99 Å². The van der Waals surface area contributed by atoms with Crippen LogP contribution in [-0.4, -0.2) is 36.1 Å². The molecule has 0 unspecified atom stereocenters. The molecule has 5 nitrogen and oxygen atoms in total. The van der Waals surface area contributed by atoms with Crippen molar-refractivity contribution in [2.75, 3.05) is 7.11 Å². The van der Waals surface area contributed by atoms with Gasteiger partial charge in [-0.1, -0.05) is 5.16 Å². The average Bonchev–Trinajstić information content (AvgIpc) is 2.86. The molecular weight excluding hydrogens is 285 g/mol. The van der Waals surface area contributed by atoms with E-state index in [0.717, 1.165) is 0 Å². The van der Waals surface area contributed by atoms with Crippen LogP contribution in [0.4, 0.5) is 13.2 Å². The zero-order chi connectivity index (χ0) is 14.2. The Hall–Kier alpha value is -1.61. The van der Waals surface area contributed by atoms with Crippen molar-refractivity contribution < 1.29 is 27.9 Å². The number of carbonyl (C=O) groups is 1. The van der Waals surface area contributed by atoms with Gasteiger partial charge in [-0.25, -0.2) is 0 Å². The van der Waals surface area contributed by atoms with Gasteiger partial charge in [-0.3, -0.25) is 4.79 Å². The van der Waals surface area contributed by atoms with E-state index in [4.69, 9.17) is 0 Å². The first kappa shape index (κ1) is 13.8. The first-order valence-corrected chi connectivity index (χ1v) is 5.98. The predicted octanol–water partition coefficient (Wildman–Crippen LogP) is 1.19. The number of fused-ring (bicyclic) bond motifs is 1. The van der Waals surface area contributed by atoms with Crippen LogP contribution in [0.15, 0.2) is 16.6 Å². The number of alkyl halides is 3. The summed E-state index contributed by atoms with van der Waals surface area (Å²) in [6, 6.07) is 0.354. The van der Waals surface area contributed by atoms with Crippen LogP contribution in [0.3, 0.4) is 0 Å². The largest absolute Gasteiger partial charge is 0.471 e. The number of halogens is 3. The molecule has 0 spiro atoms. The van der Waals surface area contributed by atoms with E-state index in [1.165, 1.54) is 24.5 Å². The third kappa shape index (κ3) is 2.43. The first-order valence-electron chi connectivity index (χ1n) is 5.10. The summed E-state index contributed by atoms with van der Waals surface area (Å²) >= 11 is 1.20. The molecule has 0 aromatic carbocycles. The molecule has 2 atom stereocenters. The van der Waals surface area contributed by atoms with E-state index in [1.807, 2.05) is 0 Å². The van der Waals surface area contributed by atoms with Crippen molar-refractivity contribution in [3.63, 3.8) is 0 Å². The number of nitrogens with zero attached hydrogens (tertiary/aromatic N) is 1. The summed E-state index contributed by atoms with van der Waals surface area (Å²) in [4.78, 5) is 16.0. The molecule has 1 aliphatic rings. The number of thiophene rings is 1. The van der Waals surface area contributed by atoms with Crippen molar-refractivity contribution in [2.45, 2.75) is 18.3 Å². The minimum Gasteiger partial charge on any atom is -0.399 e. The molecule has 1 aromatic heterocycles. The monoisotopic (exact) mass is 294 g/mol. The SMILES string of the molecule is CO/N=C1/c2sccc2[C@H](NC(=O)C(F)(F)F)[C@@H]1O. The van der Waals surface area contributed by atoms with Gasteiger partial charge in [0.25, 0.3) is 0 Å². The fourth-order valence-corrected chi connectivity index (χ4v) is 2.77. The molecule has 1 aliphatic carbocycles. The Morgan fingerprint density at radius 3 is 2.84 bits per heavy atom. The van der Waals surface area contributed by atoms with E-state index < -0.39 is 24.2 Å². The van der Waals surface area contributed by atoms with Gasteiger partial charge in [-0.2, -0.15) is 13.2 Å². The third-order valence-corrected chi connectivity index (χ3v) is 3.55. The summed E-state index contributed by atoms with van der Waals surface area (Å²) in [5.74, 6) is -2.10. The van der Waals surface area contributed by atoms with E-state index in [1.54, 1.807) is 10.7 Å². The molecule has 0 aliphatic heterocycles. The van der Waals surface area contributed by atoms with E-state index >= 15 is 0 Å². The molecule has 0 bridgehead atoms. The number of hydrogen-bond donors (Lipinski definition) is 2. The van der Waals surface area contributed by atoms with E-state index in [-0.39, 0.29) is 5.71 Å². The molecule has 9 heteroatoms. The number of carbonyl (C=O) groups excluding carboxylic acids is 1. The smallest absolute Gasteiger partial charge is 0.399 e. The van der Waals surface area contributed by atoms with Crippen LogP contribution in [0.5, 0.6) is 0 Å². The zero-order valence-electron chi connectivity index (χ0n) is 9.56. The summed E-state index contributed by atoms with van der Waals surface area (Å²) in [7, 11) is 1.26. The van der Waals surface area contributed by atoms with Crippen molar-refractivity contribution in [2.24, 2.45) is 5.16 Å². The maximum Gasteiger partial charge on any atom is 0.471 e. The average molecular weight is 294 g/mol. The minimum absolute atomic E-state index is 0.111. The number of nitrogens with one attached hydrogen (secondary N) is 1. The van der Waals surface area contributed by atoms with Crippen molar-refractivity contribution in [1.29, 1.82) is 0 Å². The van der Waals surface area contributed by atoms with Crippen molar-refractivity contribution in [1.82, 2.24) is 5.32 Å². The number of oxime groups is 1. The Kier molecular flexibility index (Phi) is 3.50. The van der Waals surface area contributed by atoms with E-state index in [9.17, 15) is 23.1 Å². The van der Waals surface area contributed by atoms with Gasteiger partial charge in [0, 0.05) is 0 Å². The van der Waals surface area contributed by atoms with Crippen LogP contribution in [0.1, 0.15) is 16.5 Å². The lowest BCUT2D eigenvalue weighted by Crippen LogP contribution is -2.42. The molecule has 19 heavy (non-hydrogen) atoms. The quantitative estimate of drug-likeness (QED) is 0.805. The summed E-state index contributed by atoms with van der Waals surface area (Å²) in [5.41, 5.74) is 0.505. The van der Waals surface area contributed by atoms with Crippen LogP contribution in [0, 0.1) is 0 Å². The Bertz CT molecular complexity index is 526. The van der Waals surface area contributed by atoms with E-state index in [0.29, 0.717) is 10.4 Å². The maximum absolute atomic E-state index is 12.2. The summed E-state index contributed by atoms with van der Waals surface area (Å²) < 4.78 is 36.7. The Morgan fingerprint density at radius 1 is 1.58 bits per heavy atom. The highest BCUT2D eigenvalue weighted by Gasteiger charge is 2.45.